The minimum absolute atomic E-state index is 0.0369. The molecule has 214 valence electrons. The number of rotatable bonds is 10. The van der Waals surface area contributed by atoms with Gasteiger partial charge in [0, 0.05) is 44.4 Å². The summed E-state index contributed by atoms with van der Waals surface area (Å²) in [7, 11) is 1.80. The molecule has 1 aliphatic rings. The summed E-state index contributed by atoms with van der Waals surface area (Å²) in [6.45, 7) is 0.989. The van der Waals surface area contributed by atoms with E-state index in [9.17, 15) is 27.2 Å². The molecule has 1 amide bonds. The molecule has 40 heavy (non-hydrogen) atoms. The Balaban J connectivity index is 1.44. The molecule has 2 unspecified atom stereocenters. The van der Waals surface area contributed by atoms with Gasteiger partial charge in [0.1, 0.15) is 5.82 Å². The molecular weight excluding hydrogens is 587 g/mol. The Morgan fingerprint density at radius 3 is 2.42 bits per heavy atom. The van der Waals surface area contributed by atoms with E-state index < -0.39 is 17.6 Å². The van der Waals surface area contributed by atoms with Gasteiger partial charge in [0.2, 0.25) is 5.91 Å². The van der Waals surface area contributed by atoms with Crippen molar-refractivity contribution in [3.8, 4) is 0 Å². The minimum atomic E-state index is -4.77. The fraction of sp³-hybridized carbons (Fsp3) is 0.379. The molecule has 0 radical (unpaired) electrons. The number of likely N-dealkylation sites (N-methyl/N-ethyl adjacent to an activating group) is 1. The smallest absolute Gasteiger partial charge is 0.340 e. The Bertz CT molecular complexity index is 1350. The van der Waals surface area contributed by atoms with Gasteiger partial charge in [-0.25, -0.2) is 4.39 Å². The van der Waals surface area contributed by atoms with E-state index in [1.807, 2.05) is 22.4 Å². The lowest BCUT2D eigenvalue weighted by molar-refractivity contribution is -0.140. The van der Waals surface area contributed by atoms with Crippen LogP contribution in [-0.2, 0) is 17.5 Å². The van der Waals surface area contributed by atoms with Crippen molar-refractivity contribution in [1.29, 1.82) is 0 Å². The van der Waals surface area contributed by atoms with Gasteiger partial charge in [0.05, 0.1) is 20.5 Å². The van der Waals surface area contributed by atoms with E-state index in [-0.39, 0.29) is 30.2 Å². The molecule has 1 aliphatic heterocycles. The lowest BCUT2D eigenvalue weighted by atomic mass is 9.93. The van der Waals surface area contributed by atoms with Crippen molar-refractivity contribution in [2.75, 3.05) is 20.1 Å². The molecule has 1 fully saturated rings. The number of benzene rings is 2. The van der Waals surface area contributed by atoms with Gasteiger partial charge < -0.3 is 4.90 Å². The van der Waals surface area contributed by atoms with Crippen molar-refractivity contribution in [3.05, 3.63) is 91.3 Å². The van der Waals surface area contributed by atoms with Gasteiger partial charge in [-0.15, -0.1) is 11.3 Å². The quantitative estimate of drug-likeness (QED) is 0.132. The van der Waals surface area contributed by atoms with E-state index in [1.165, 1.54) is 17.4 Å². The highest BCUT2D eigenvalue weighted by molar-refractivity contribution is 7.12. The molecule has 2 atom stereocenters. The standard InChI is InChI=1S/C29H28Cl2F4N2O2S/c1-36(15-18-8-10-21(24(32)13-18)29(33,34)35)25-17-37(16-20(25)19-9-11-22(30)23(31)14-19)28(39)7-3-2-5-26(38)27-6-4-12-40-27/h4,6,8-14,20,25H,2-3,5,7,15-17H2,1H3. The van der Waals surface area contributed by atoms with E-state index in [1.54, 1.807) is 30.1 Å². The molecule has 2 aromatic carbocycles. The van der Waals surface area contributed by atoms with Crippen molar-refractivity contribution in [2.24, 2.45) is 0 Å². The summed E-state index contributed by atoms with van der Waals surface area (Å²) < 4.78 is 53.2. The van der Waals surface area contributed by atoms with Crippen LogP contribution in [0.15, 0.2) is 53.9 Å². The first-order valence-corrected chi connectivity index (χ1v) is 14.4. The first-order chi connectivity index (χ1) is 18.9. The number of unbranched alkanes of at least 4 members (excludes halogenated alkanes) is 1. The average Bonchev–Trinajstić information content (AvgIpc) is 3.58. The number of carbonyl (C=O) groups excluding carboxylic acids is 2. The predicted octanol–water partition coefficient (Wildman–Crippen LogP) is 8.08. The Hall–Kier alpha value is -2.46. The maximum absolute atomic E-state index is 14.2. The molecule has 2 heterocycles. The Labute approximate surface area is 244 Å². The first kappa shape index (κ1) is 30.5. The SMILES string of the molecule is CN(Cc1ccc(C(F)(F)F)c(F)c1)C1CN(C(=O)CCCCC(=O)c2cccs2)CC1c1ccc(Cl)c(Cl)c1. The molecule has 0 N–H and O–H groups in total. The van der Waals surface area contributed by atoms with Crippen LogP contribution in [-0.4, -0.2) is 47.7 Å². The fourth-order valence-corrected chi connectivity index (χ4v) is 6.08. The number of nitrogens with zero attached hydrogens (tertiary/aromatic N) is 2. The van der Waals surface area contributed by atoms with Crippen molar-refractivity contribution in [3.63, 3.8) is 0 Å². The second-order valence-electron chi connectivity index (χ2n) is 9.98. The van der Waals surface area contributed by atoms with Crippen LogP contribution in [0.5, 0.6) is 0 Å². The number of ketones is 1. The number of hydrogen-bond donors (Lipinski definition) is 0. The molecular formula is C29H28Cl2F4N2O2S. The van der Waals surface area contributed by atoms with E-state index in [4.69, 9.17) is 23.2 Å². The van der Waals surface area contributed by atoms with Crippen molar-refractivity contribution in [1.82, 2.24) is 9.80 Å². The summed E-state index contributed by atoms with van der Waals surface area (Å²) in [4.78, 5) is 29.8. The zero-order valence-electron chi connectivity index (χ0n) is 21.7. The van der Waals surface area contributed by atoms with Crippen LogP contribution < -0.4 is 0 Å². The number of hydrogen-bond acceptors (Lipinski definition) is 4. The van der Waals surface area contributed by atoms with Gasteiger partial charge in [-0.05, 0) is 66.7 Å². The lowest BCUT2D eigenvalue weighted by Crippen LogP contribution is -2.38. The van der Waals surface area contributed by atoms with E-state index in [0.29, 0.717) is 59.3 Å². The highest BCUT2D eigenvalue weighted by atomic mass is 35.5. The van der Waals surface area contributed by atoms with Crippen LogP contribution in [0, 0.1) is 5.82 Å². The maximum atomic E-state index is 14.2. The van der Waals surface area contributed by atoms with Gasteiger partial charge in [0.25, 0.3) is 0 Å². The number of Topliss-reactive ketones (excluding diaryl/α,β-unsaturated/α-hetero) is 1. The summed E-state index contributed by atoms with van der Waals surface area (Å²) in [6.07, 6.45) is -2.90. The van der Waals surface area contributed by atoms with E-state index in [0.717, 1.165) is 17.7 Å². The number of amides is 1. The zero-order valence-corrected chi connectivity index (χ0v) is 24.0. The fourth-order valence-electron chi connectivity index (χ4n) is 5.08. The Morgan fingerprint density at radius 1 is 1.02 bits per heavy atom. The monoisotopic (exact) mass is 614 g/mol. The average molecular weight is 616 g/mol. The van der Waals surface area contributed by atoms with Crippen LogP contribution in [0.4, 0.5) is 17.6 Å². The summed E-state index contributed by atoms with van der Waals surface area (Å²) in [5.41, 5.74) is -0.0370. The summed E-state index contributed by atoms with van der Waals surface area (Å²) in [5, 5.41) is 2.64. The molecule has 4 nitrogen and oxygen atoms in total. The molecule has 1 aromatic heterocycles. The molecule has 11 heteroatoms. The molecule has 3 aromatic rings. The predicted molar refractivity (Wildman–Crippen MR) is 150 cm³/mol. The summed E-state index contributed by atoms with van der Waals surface area (Å²) >= 11 is 13.8. The van der Waals surface area contributed by atoms with Gasteiger partial charge in [-0.2, -0.15) is 13.2 Å². The third-order valence-corrected chi connectivity index (χ3v) is 8.84. The van der Waals surface area contributed by atoms with Gasteiger partial charge >= 0.3 is 6.18 Å². The summed E-state index contributed by atoms with van der Waals surface area (Å²) in [6, 6.07) is 11.7. The van der Waals surface area contributed by atoms with Gasteiger partial charge in [-0.1, -0.05) is 41.4 Å². The van der Waals surface area contributed by atoms with Crippen LogP contribution in [0.2, 0.25) is 10.0 Å². The van der Waals surface area contributed by atoms with E-state index in [2.05, 4.69) is 0 Å². The van der Waals surface area contributed by atoms with Gasteiger partial charge in [-0.3, -0.25) is 14.5 Å². The molecule has 4 rings (SSSR count). The summed E-state index contributed by atoms with van der Waals surface area (Å²) in [5.74, 6) is -1.43. The number of likely N-dealkylation sites (tertiary alicyclic amines) is 1. The second-order valence-corrected chi connectivity index (χ2v) is 11.7. The largest absolute Gasteiger partial charge is 0.419 e. The molecule has 0 aliphatic carbocycles. The highest BCUT2D eigenvalue weighted by Crippen LogP contribution is 2.36. The lowest BCUT2D eigenvalue weighted by Gasteiger charge is -2.29. The molecule has 0 saturated carbocycles. The molecule has 0 bridgehead atoms. The van der Waals surface area contributed by atoms with Crippen molar-refractivity contribution in [2.45, 2.75) is 50.4 Å². The molecule has 1 saturated heterocycles. The van der Waals surface area contributed by atoms with Crippen LogP contribution in [0.3, 0.4) is 0 Å². The van der Waals surface area contributed by atoms with Gasteiger partial charge in [0.15, 0.2) is 5.78 Å². The van der Waals surface area contributed by atoms with Crippen molar-refractivity contribution >= 4 is 46.2 Å². The molecule has 0 spiro atoms. The van der Waals surface area contributed by atoms with Crippen molar-refractivity contribution < 1.29 is 27.2 Å². The van der Waals surface area contributed by atoms with Crippen LogP contribution in [0.1, 0.15) is 58.0 Å². The Kier molecular flexibility index (Phi) is 9.93. The number of alkyl halides is 3. The van der Waals surface area contributed by atoms with Crippen LogP contribution in [0.25, 0.3) is 0 Å². The minimum Gasteiger partial charge on any atom is -0.340 e. The third-order valence-electron chi connectivity index (χ3n) is 7.19. The number of thiophene rings is 1. The number of halogens is 6. The number of carbonyl (C=O) groups is 2. The normalized spacial score (nSPS) is 17.6. The zero-order chi connectivity index (χ0) is 29.0. The first-order valence-electron chi connectivity index (χ1n) is 12.8. The second kappa shape index (κ2) is 13.0. The Morgan fingerprint density at radius 2 is 1.77 bits per heavy atom. The highest BCUT2D eigenvalue weighted by Gasteiger charge is 2.39. The van der Waals surface area contributed by atoms with E-state index >= 15 is 0 Å². The third kappa shape index (κ3) is 7.43. The maximum Gasteiger partial charge on any atom is 0.419 e. The topological polar surface area (TPSA) is 40.6 Å². The van der Waals surface area contributed by atoms with Crippen LogP contribution >= 0.6 is 34.5 Å².